The lowest BCUT2D eigenvalue weighted by molar-refractivity contribution is 1.06. The van der Waals surface area contributed by atoms with Crippen molar-refractivity contribution in [2.45, 2.75) is 13.8 Å². The standard InChI is InChI=1S/C17H17N3/c1-13-8-10-15(11-9-13)19-17-18-14(2)12-20(17)16-6-4-3-5-7-16/h3-12H,1-2H3,(H,18,19). The quantitative estimate of drug-likeness (QED) is 0.766. The van der Waals surface area contributed by atoms with Crippen LogP contribution in [0.25, 0.3) is 5.69 Å². The highest BCUT2D eigenvalue weighted by molar-refractivity contribution is 5.56. The fourth-order valence-corrected chi connectivity index (χ4v) is 2.14. The first-order chi connectivity index (χ1) is 9.72. The summed E-state index contributed by atoms with van der Waals surface area (Å²) in [6.07, 6.45) is 2.03. The molecule has 100 valence electrons. The summed E-state index contributed by atoms with van der Waals surface area (Å²) in [6.45, 7) is 4.08. The minimum absolute atomic E-state index is 0.831. The average molecular weight is 263 g/mol. The number of imidazole rings is 1. The van der Waals surface area contributed by atoms with Crippen molar-refractivity contribution in [1.82, 2.24) is 9.55 Å². The van der Waals surface area contributed by atoms with Crippen LogP contribution in [-0.2, 0) is 0 Å². The van der Waals surface area contributed by atoms with Crippen LogP contribution in [0.1, 0.15) is 11.3 Å². The molecule has 3 rings (SSSR count). The van der Waals surface area contributed by atoms with Crippen molar-refractivity contribution in [2.75, 3.05) is 5.32 Å². The summed E-state index contributed by atoms with van der Waals surface area (Å²) >= 11 is 0. The zero-order valence-corrected chi connectivity index (χ0v) is 11.7. The molecule has 20 heavy (non-hydrogen) atoms. The van der Waals surface area contributed by atoms with Crippen LogP contribution in [0, 0.1) is 13.8 Å². The maximum atomic E-state index is 4.56. The number of para-hydroxylation sites is 1. The van der Waals surface area contributed by atoms with Crippen LogP contribution < -0.4 is 5.32 Å². The van der Waals surface area contributed by atoms with Crippen molar-refractivity contribution >= 4 is 11.6 Å². The van der Waals surface area contributed by atoms with Crippen LogP contribution >= 0.6 is 0 Å². The van der Waals surface area contributed by atoms with E-state index in [1.54, 1.807) is 0 Å². The monoisotopic (exact) mass is 263 g/mol. The van der Waals surface area contributed by atoms with Crippen molar-refractivity contribution in [3.05, 3.63) is 72.1 Å². The molecule has 3 nitrogen and oxygen atoms in total. The first kappa shape index (κ1) is 12.5. The lowest BCUT2D eigenvalue weighted by atomic mass is 10.2. The van der Waals surface area contributed by atoms with Gasteiger partial charge in [0, 0.05) is 17.6 Å². The van der Waals surface area contributed by atoms with Crippen molar-refractivity contribution in [3.63, 3.8) is 0 Å². The zero-order chi connectivity index (χ0) is 13.9. The predicted octanol–water partition coefficient (Wildman–Crippen LogP) is 4.23. The van der Waals surface area contributed by atoms with Crippen molar-refractivity contribution in [3.8, 4) is 5.69 Å². The Labute approximate surface area is 118 Å². The molecule has 1 N–H and O–H groups in total. The van der Waals surface area contributed by atoms with E-state index in [4.69, 9.17) is 0 Å². The summed E-state index contributed by atoms with van der Waals surface area (Å²) in [5.41, 5.74) is 4.38. The Morgan fingerprint density at radius 2 is 1.60 bits per heavy atom. The number of nitrogens with one attached hydrogen (secondary N) is 1. The summed E-state index contributed by atoms with van der Waals surface area (Å²) in [6, 6.07) is 18.5. The van der Waals surface area contributed by atoms with E-state index in [9.17, 15) is 0 Å². The molecule has 0 aliphatic rings. The molecule has 0 saturated heterocycles. The summed E-state index contributed by atoms with van der Waals surface area (Å²) < 4.78 is 2.06. The van der Waals surface area contributed by atoms with Crippen LogP contribution in [0.3, 0.4) is 0 Å². The first-order valence-corrected chi connectivity index (χ1v) is 6.67. The topological polar surface area (TPSA) is 29.9 Å². The third kappa shape index (κ3) is 2.57. The molecule has 0 aliphatic carbocycles. The van der Waals surface area contributed by atoms with Crippen LogP contribution in [0.4, 0.5) is 11.6 Å². The van der Waals surface area contributed by atoms with Gasteiger partial charge in [-0.3, -0.25) is 4.57 Å². The van der Waals surface area contributed by atoms with Gasteiger partial charge in [-0.15, -0.1) is 0 Å². The second-order valence-corrected chi connectivity index (χ2v) is 4.90. The second kappa shape index (κ2) is 5.21. The zero-order valence-electron chi connectivity index (χ0n) is 11.7. The maximum Gasteiger partial charge on any atom is 0.212 e. The van der Waals surface area contributed by atoms with E-state index >= 15 is 0 Å². The Hall–Kier alpha value is -2.55. The van der Waals surface area contributed by atoms with Gasteiger partial charge >= 0.3 is 0 Å². The minimum atomic E-state index is 0.831. The van der Waals surface area contributed by atoms with Crippen LogP contribution in [-0.4, -0.2) is 9.55 Å². The van der Waals surface area contributed by atoms with Gasteiger partial charge in [-0.05, 0) is 38.1 Å². The molecule has 2 aromatic carbocycles. The predicted molar refractivity (Wildman–Crippen MR) is 82.8 cm³/mol. The number of benzene rings is 2. The average Bonchev–Trinajstić information content (AvgIpc) is 2.83. The fraction of sp³-hybridized carbons (Fsp3) is 0.118. The number of nitrogens with zero attached hydrogens (tertiary/aromatic N) is 2. The van der Waals surface area contributed by atoms with E-state index in [0.717, 1.165) is 23.0 Å². The van der Waals surface area contributed by atoms with Gasteiger partial charge in [0.05, 0.1) is 5.69 Å². The van der Waals surface area contributed by atoms with E-state index in [-0.39, 0.29) is 0 Å². The SMILES string of the molecule is Cc1ccc(Nc2nc(C)cn2-c2ccccc2)cc1. The highest BCUT2D eigenvalue weighted by Crippen LogP contribution is 2.20. The smallest absolute Gasteiger partial charge is 0.212 e. The van der Waals surface area contributed by atoms with E-state index in [1.165, 1.54) is 5.56 Å². The molecule has 0 saturated carbocycles. The summed E-state index contributed by atoms with van der Waals surface area (Å²) in [5, 5.41) is 3.37. The van der Waals surface area contributed by atoms with Crippen LogP contribution in [0.15, 0.2) is 60.8 Å². The molecule has 3 aromatic rings. The molecule has 0 bridgehead atoms. The Bertz CT molecular complexity index is 697. The Morgan fingerprint density at radius 3 is 2.30 bits per heavy atom. The second-order valence-electron chi connectivity index (χ2n) is 4.90. The number of aromatic nitrogens is 2. The van der Waals surface area contributed by atoms with Crippen molar-refractivity contribution in [2.24, 2.45) is 0 Å². The molecule has 3 heteroatoms. The normalized spacial score (nSPS) is 10.5. The Kier molecular flexibility index (Phi) is 3.25. The third-order valence-electron chi connectivity index (χ3n) is 3.17. The summed E-state index contributed by atoms with van der Waals surface area (Å²) in [7, 11) is 0. The minimum Gasteiger partial charge on any atom is -0.325 e. The number of hydrogen-bond acceptors (Lipinski definition) is 2. The van der Waals surface area contributed by atoms with Gasteiger partial charge in [-0.2, -0.15) is 0 Å². The molecule has 0 unspecified atom stereocenters. The van der Waals surface area contributed by atoms with Gasteiger partial charge in [0.25, 0.3) is 0 Å². The van der Waals surface area contributed by atoms with E-state index in [0.29, 0.717) is 0 Å². The molecular weight excluding hydrogens is 246 g/mol. The highest BCUT2D eigenvalue weighted by atomic mass is 15.2. The molecule has 0 fully saturated rings. The first-order valence-electron chi connectivity index (χ1n) is 6.67. The van der Waals surface area contributed by atoms with Gasteiger partial charge < -0.3 is 5.32 Å². The number of anilines is 2. The Morgan fingerprint density at radius 1 is 0.900 bits per heavy atom. The lowest BCUT2D eigenvalue weighted by Crippen LogP contribution is -2.00. The molecule has 0 amide bonds. The molecular formula is C17H17N3. The number of hydrogen-bond donors (Lipinski definition) is 1. The summed E-state index contributed by atoms with van der Waals surface area (Å²) in [5.74, 6) is 0.831. The third-order valence-corrected chi connectivity index (χ3v) is 3.17. The van der Waals surface area contributed by atoms with E-state index in [1.807, 2.05) is 31.3 Å². The lowest BCUT2D eigenvalue weighted by Gasteiger charge is -2.09. The molecule has 1 aromatic heterocycles. The molecule has 0 atom stereocenters. The highest BCUT2D eigenvalue weighted by Gasteiger charge is 2.07. The van der Waals surface area contributed by atoms with E-state index in [2.05, 4.69) is 58.2 Å². The van der Waals surface area contributed by atoms with Gasteiger partial charge in [0.2, 0.25) is 5.95 Å². The van der Waals surface area contributed by atoms with Crippen molar-refractivity contribution in [1.29, 1.82) is 0 Å². The molecule has 0 aliphatic heterocycles. The molecule has 0 spiro atoms. The van der Waals surface area contributed by atoms with Gasteiger partial charge in [0.15, 0.2) is 0 Å². The molecule has 0 radical (unpaired) electrons. The maximum absolute atomic E-state index is 4.56. The van der Waals surface area contributed by atoms with Crippen LogP contribution in [0.2, 0.25) is 0 Å². The molecule has 1 heterocycles. The van der Waals surface area contributed by atoms with Gasteiger partial charge in [-0.1, -0.05) is 35.9 Å². The van der Waals surface area contributed by atoms with E-state index < -0.39 is 0 Å². The van der Waals surface area contributed by atoms with Gasteiger partial charge in [0.1, 0.15) is 0 Å². The number of aryl methyl sites for hydroxylation is 2. The Balaban J connectivity index is 1.96. The number of rotatable bonds is 3. The largest absolute Gasteiger partial charge is 0.325 e. The van der Waals surface area contributed by atoms with Crippen LogP contribution in [0.5, 0.6) is 0 Å². The van der Waals surface area contributed by atoms with Gasteiger partial charge in [-0.25, -0.2) is 4.98 Å². The summed E-state index contributed by atoms with van der Waals surface area (Å²) in [4.78, 5) is 4.56. The fourth-order valence-electron chi connectivity index (χ4n) is 2.14. The van der Waals surface area contributed by atoms with Crippen molar-refractivity contribution < 1.29 is 0 Å².